The standard InChI is InChI=1S/C15H13F4N5O2.C14H18BF4NO3.C7H7ClN4O.2CH4/c1-8(15(17,18)19)26-14-10(16)5-9(6-20-14)11-3-4-12-21-22-13(7-25-2)24(12)23-11;1-8(14(17,18)19)21-11-10(16)6-9(7-20-11)15-22-12(2,3)13(4,5)23-15;1-13-4-7-10-9-6-3-2-5(8)11-12(6)7;;/h3-6,8H,7H2,1-2H3;6-8H,1-5H3;2-3H,4H2,1H3;2*1H4/t2*8-;;;/m00.../s1. The summed E-state index contributed by atoms with van der Waals surface area (Å²) in [5, 5.41) is 24.3. The minimum absolute atomic E-state index is 0. The molecule has 350 valence electrons. The van der Waals surface area contributed by atoms with E-state index in [0.717, 1.165) is 26.0 Å². The molecule has 0 radical (unpaired) electrons. The molecule has 7 heterocycles. The molecule has 1 aliphatic rings. The van der Waals surface area contributed by atoms with Crippen molar-refractivity contribution in [3.05, 3.63) is 77.2 Å². The van der Waals surface area contributed by atoms with Gasteiger partial charge < -0.3 is 28.3 Å². The maximum Gasteiger partial charge on any atom is 0.496 e. The van der Waals surface area contributed by atoms with E-state index in [2.05, 4.69) is 50.0 Å². The van der Waals surface area contributed by atoms with Crippen molar-refractivity contribution < 1.29 is 63.4 Å². The lowest BCUT2D eigenvalue weighted by molar-refractivity contribution is -0.190. The van der Waals surface area contributed by atoms with Crippen LogP contribution in [0.1, 0.15) is 68.0 Å². The molecular formula is C38H46BClF8N10O6. The Kier molecular flexibility index (Phi) is 17.5. The van der Waals surface area contributed by atoms with Gasteiger partial charge in [0.2, 0.25) is 0 Å². The first-order valence-corrected chi connectivity index (χ1v) is 18.5. The van der Waals surface area contributed by atoms with E-state index in [1.807, 2.05) is 27.7 Å². The lowest BCUT2D eigenvalue weighted by Crippen LogP contribution is -2.41. The van der Waals surface area contributed by atoms with Crippen molar-refractivity contribution in [2.45, 2.75) is 105 Å². The number of aromatic nitrogens is 10. The number of methoxy groups -OCH3 is 2. The van der Waals surface area contributed by atoms with Gasteiger partial charge in [-0.1, -0.05) is 26.5 Å². The third-order valence-electron chi connectivity index (χ3n) is 9.13. The predicted molar refractivity (Wildman–Crippen MR) is 217 cm³/mol. The SMILES string of the molecule is C.C.COCc1nnc2ccc(-c3cnc(O[C@@H](C)C(F)(F)F)c(F)c3)nn12.COCc1nnc2ccc(Cl)nn12.C[C@H](Oc1ncc(B2OC(C)(C)C(C)(C)O2)cc1F)C(F)(F)F. The molecule has 1 fully saturated rings. The molecule has 0 saturated carbocycles. The van der Waals surface area contributed by atoms with E-state index >= 15 is 0 Å². The van der Waals surface area contributed by atoms with Crippen LogP contribution in [0.3, 0.4) is 0 Å². The highest BCUT2D eigenvalue weighted by Gasteiger charge is 2.52. The number of nitrogens with zero attached hydrogens (tertiary/aromatic N) is 10. The molecule has 0 aromatic carbocycles. The van der Waals surface area contributed by atoms with Crippen LogP contribution in [0.15, 0.2) is 48.8 Å². The fourth-order valence-electron chi connectivity index (χ4n) is 4.99. The first-order valence-electron chi connectivity index (χ1n) is 18.1. The topological polar surface area (TPSA) is 167 Å². The number of pyridine rings is 2. The van der Waals surface area contributed by atoms with Gasteiger partial charge in [-0.15, -0.1) is 20.4 Å². The van der Waals surface area contributed by atoms with Gasteiger partial charge in [0.25, 0.3) is 11.8 Å². The number of rotatable bonds is 10. The van der Waals surface area contributed by atoms with Gasteiger partial charge in [-0.05, 0) is 77.9 Å². The average Bonchev–Trinajstić information content (AvgIpc) is 3.85. The Balaban J connectivity index is 0.000000263. The maximum atomic E-state index is 14.1. The Hall–Kier alpha value is -5.37. The summed E-state index contributed by atoms with van der Waals surface area (Å²) in [5.41, 5.74) is 0.755. The van der Waals surface area contributed by atoms with Crippen molar-refractivity contribution in [1.82, 2.24) is 49.6 Å². The van der Waals surface area contributed by atoms with Gasteiger partial charge in [0.05, 0.1) is 16.9 Å². The zero-order chi connectivity index (χ0) is 45.8. The van der Waals surface area contributed by atoms with Crippen LogP contribution in [0.2, 0.25) is 5.15 Å². The molecule has 6 aromatic rings. The molecule has 0 unspecified atom stereocenters. The highest BCUT2D eigenvalue weighted by Crippen LogP contribution is 2.37. The molecule has 0 N–H and O–H groups in total. The third-order valence-corrected chi connectivity index (χ3v) is 9.33. The van der Waals surface area contributed by atoms with E-state index in [0.29, 0.717) is 40.4 Å². The second-order valence-corrected chi connectivity index (χ2v) is 14.7. The smallest absolute Gasteiger partial charge is 0.463 e. The molecule has 26 heteroatoms. The van der Waals surface area contributed by atoms with Crippen LogP contribution in [0.25, 0.3) is 22.6 Å². The van der Waals surface area contributed by atoms with Crippen LogP contribution in [0, 0.1) is 11.6 Å². The molecule has 0 amide bonds. The van der Waals surface area contributed by atoms with Gasteiger partial charge in [0.1, 0.15) is 18.4 Å². The monoisotopic (exact) mass is 936 g/mol. The summed E-state index contributed by atoms with van der Waals surface area (Å²) in [7, 11) is 2.23. The molecule has 0 aliphatic carbocycles. The summed E-state index contributed by atoms with van der Waals surface area (Å²) < 4.78 is 136. The largest absolute Gasteiger partial charge is 0.496 e. The van der Waals surface area contributed by atoms with E-state index in [-0.39, 0.29) is 32.5 Å². The molecule has 2 atom stereocenters. The molecule has 64 heavy (non-hydrogen) atoms. The number of halogens is 9. The maximum absolute atomic E-state index is 14.1. The Morgan fingerprint density at radius 1 is 0.688 bits per heavy atom. The molecular weight excluding hydrogens is 891 g/mol. The van der Waals surface area contributed by atoms with Crippen molar-refractivity contribution in [3.8, 4) is 23.0 Å². The second-order valence-electron chi connectivity index (χ2n) is 14.3. The summed E-state index contributed by atoms with van der Waals surface area (Å²) in [4.78, 5) is 7.25. The fraction of sp³-hybridized carbons (Fsp3) is 0.474. The van der Waals surface area contributed by atoms with Gasteiger partial charge in [0, 0.05) is 37.6 Å². The molecule has 6 aromatic heterocycles. The Morgan fingerprint density at radius 3 is 1.59 bits per heavy atom. The quantitative estimate of drug-likeness (QED) is 0.0962. The van der Waals surface area contributed by atoms with Gasteiger partial charge in [-0.3, -0.25) is 0 Å². The molecule has 1 aliphatic heterocycles. The number of ether oxygens (including phenoxy) is 4. The molecule has 0 bridgehead atoms. The van der Waals surface area contributed by atoms with E-state index in [4.69, 9.17) is 30.4 Å². The predicted octanol–water partition coefficient (Wildman–Crippen LogP) is 7.85. The minimum Gasteiger partial charge on any atom is -0.463 e. The number of fused-ring (bicyclic) bond motifs is 2. The van der Waals surface area contributed by atoms with Gasteiger partial charge >= 0.3 is 19.5 Å². The van der Waals surface area contributed by atoms with Crippen LogP contribution in [0.5, 0.6) is 11.8 Å². The summed E-state index contributed by atoms with van der Waals surface area (Å²) >= 11 is 5.72. The molecule has 16 nitrogen and oxygen atoms in total. The van der Waals surface area contributed by atoms with E-state index in [9.17, 15) is 35.1 Å². The number of alkyl halides is 6. The minimum atomic E-state index is -4.62. The lowest BCUT2D eigenvalue weighted by atomic mass is 9.80. The van der Waals surface area contributed by atoms with E-state index < -0.39 is 66.3 Å². The first kappa shape index (κ1) is 53.0. The first-order chi connectivity index (χ1) is 28.9. The Morgan fingerprint density at radius 2 is 1.14 bits per heavy atom. The number of hydrogen-bond acceptors (Lipinski definition) is 14. The van der Waals surface area contributed by atoms with Crippen molar-refractivity contribution in [3.63, 3.8) is 0 Å². The molecule has 0 spiro atoms. The molecule has 1 saturated heterocycles. The van der Waals surface area contributed by atoms with E-state index in [1.165, 1.54) is 24.0 Å². The Labute approximate surface area is 367 Å². The highest BCUT2D eigenvalue weighted by atomic mass is 35.5. The van der Waals surface area contributed by atoms with Gasteiger partial charge in [-0.25, -0.2) is 18.7 Å². The average molecular weight is 937 g/mol. The summed E-state index contributed by atoms with van der Waals surface area (Å²) in [6, 6.07) is 8.61. The van der Waals surface area contributed by atoms with Crippen molar-refractivity contribution in [2.75, 3.05) is 14.2 Å². The van der Waals surface area contributed by atoms with Crippen LogP contribution in [-0.2, 0) is 32.0 Å². The lowest BCUT2D eigenvalue weighted by Gasteiger charge is -2.32. The zero-order valence-corrected chi connectivity index (χ0v) is 34.8. The number of hydrogen-bond donors (Lipinski definition) is 0. The fourth-order valence-corrected chi connectivity index (χ4v) is 5.13. The third kappa shape index (κ3) is 12.7. The zero-order valence-electron chi connectivity index (χ0n) is 34.1. The van der Waals surface area contributed by atoms with Crippen LogP contribution < -0.4 is 14.9 Å². The summed E-state index contributed by atoms with van der Waals surface area (Å²) in [6.45, 7) is 9.43. The van der Waals surface area contributed by atoms with Crippen LogP contribution >= 0.6 is 11.6 Å². The summed E-state index contributed by atoms with van der Waals surface area (Å²) in [5.74, 6) is -2.40. The van der Waals surface area contributed by atoms with E-state index in [1.54, 1.807) is 35.9 Å². The van der Waals surface area contributed by atoms with Crippen molar-refractivity contribution >= 4 is 35.5 Å². The van der Waals surface area contributed by atoms with Crippen LogP contribution in [-0.4, -0.2) is 107 Å². The second kappa shape index (κ2) is 21.1. The normalized spacial score (nSPS) is 15.2. The van der Waals surface area contributed by atoms with Gasteiger partial charge in [0.15, 0.2) is 46.8 Å². The van der Waals surface area contributed by atoms with Crippen molar-refractivity contribution in [1.29, 1.82) is 0 Å². The highest BCUT2D eigenvalue weighted by molar-refractivity contribution is 6.62. The Bertz CT molecular complexity index is 2460. The summed E-state index contributed by atoms with van der Waals surface area (Å²) in [6.07, 6.45) is -11.2. The molecule has 7 rings (SSSR count). The van der Waals surface area contributed by atoms with Gasteiger partial charge in [-0.2, -0.15) is 45.6 Å². The van der Waals surface area contributed by atoms with Crippen LogP contribution in [0.4, 0.5) is 35.1 Å². The van der Waals surface area contributed by atoms with Crippen molar-refractivity contribution in [2.24, 2.45) is 0 Å².